The molecule has 5 nitrogen and oxygen atoms in total. The minimum atomic E-state index is -5.11. The van der Waals surface area contributed by atoms with Crippen LogP contribution >= 0.6 is 0 Å². The first-order chi connectivity index (χ1) is 8.24. The summed E-state index contributed by atoms with van der Waals surface area (Å²) in [4.78, 5) is 31.8. The number of nitrogens with zero attached hydrogens (tertiary/aromatic N) is 1. The van der Waals surface area contributed by atoms with Crippen molar-refractivity contribution in [3.63, 3.8) is 0 Å². The first-order valence-corrected chi connectivity index (χ1v) is 8.66. The minimum absolute atomic E-state index is 0. The second-order valence-electron chi connectivity index (χ2n) is 4.78. The molecule has 0 radical (unpaired) electrons. The molecular formula is C12H30NNaO4Si. The van der Waals surface area contributed by atoms with Crippen molar-refractivity contribution in [2.45, 2.75) is 53.4 Å². The summed E-state index contributed by atoms with van der Waals surface area (Å²) >= 11 is 0. The van der Waals surface area contributed by atoms with Gasteiger partial charge in [-0.15, -0.1) is 0 Å². The summed E-state index contributed by atoms with van der Waals surface area (Å²) in [6.45, 7) is 14.8. The summed E-state index contributed by atoms with van der Waals surface area (Å²) < 4.78 is 1.38. The van der Waals surface area contributed by atoms with Gasteiger partial charge in [0.25, 0.3) is 0 Å². The van der Waals surface area contributed by atoms with Crippen LogP contribution in [0.15, 0.2) is 0 Å². The molecular weight excluding hydrogens is 273 g/mol. The van der Waals surface area contributed by atoms with Gasteiger partial charge in [0, 0.05) is 0 Å². The molecule has 0 aromatic rings. The van der Waals surface area contributed by atoms with Crippen LogP contribution in [0.25, 0.3) is 0 Å². The van der Waals surface area contributed by atoms with Gasteiger partial charge in [0.1, 0.15) is 9.05 Å². The van der Waals surface area contributed by atoms with Crippen LogP contribution in [0.2, 0.25) is 0 Å². The third kappa shape index (κ3) is 19.0. The Hall–Kier alpha value is 1.02. The smallest absolute Gasteiger partial charge is 0.828 e. The number of hydrogen-bond acceptors (Lipinski definition) is 4. The number of hydrogen-bond donors (Lipinski definition) is 2. The SMILES string of the molecule is CCC[N+](CCC)(CCC)CCC.[Na+].[O-][Si]([O-])(O)O. The Morgan fingerprint density at radius 3 is 1.00 bits per heavy atom. The zero-order chi connectivity index (χ0) is 14.7. The van der Waals surface area contributed by atoms with Gasteiger partial charge in [-0.1, -0.05) is 27.7 Å². The van der Waals surface area contributed by atoms with Crippen molar-refractivity contribution in [2.75, 3.05) is 26.2 Å². The molecule has 0 saturated heterocycles. The van der Waals surface area contributed by atoms with Crippen LogP contribution in [0.4, 0.5) is 0 Å². The normalized spacial score (nSPS) is 11.4. The van der Waals surface area contributed by atoms with E-state index in [9.17, 15) is 0 Å². The van der Waals surface area contributed by atoms with E-state index in [-0.39, 0.29) is 29.6 Å². The van der Waals surface area contributed by atoms with Crippen LogP contribution in [0.5, 0.6) is 0 Å². The summed E-state index contributed by atoms with van der Waals surface area (Å²) in [5, 5.41) is 0. The Morgan fingerprint density at radius 2 is 0.895 bits per heavy atom. The Balaban J connectivity index is -0.000000366. The van der Waals surface area contributed by atoms with Crippen molar-refractivity contribution in [3.8, 4) is 0 Å². The van der Waals surface area contributed by atoms with E-state index in [1.54, 1.807) is 0 Å². The summed E-state index contributed by atoms with van der Waals surface area (Å²) in [6, 6.07) is 0. The molecule has 0 rings (SSSR count). The standard InChI is InChI=1S/C12H28N.Na.H2O4Si/c1-5-9-13(10-6-2,11-7-3)12-8-4;;1-5(2,3)4/h5-12H2,1-4H3;;1-2H/q2*+1;-2. The minimum Gasteiger partial charge on any atom is -0.828 e. The maximum absolute atomic E-state index is 8.80. The molecule has 0 aliphatic heterocycles. The van der Waals surface area contributed by atoms with Gasteiger partial charge >= 0.3 is 29.6 Å². The molecule has 0 aliphatic carbocycles. The van der Waals surface area contributed by atoms with E-state index < -0.39 is 9.05 Å². The average Bonchev–Trinajstić information content (AvgIpc) is 2.16. The van der Waals surface area contributed by atoms with E-state index in [0.717, 1.165) is 0 Å². The molecule has 0 amide bonds. The third-order valence-electron chi connectivity index (χ3n) is 2.79. The first kappa shape index (κ1) is 25.0. The largest absolute Gasteiger partial charge is 1.00 e. The zero-order valence-electron chi connectivity index (χ0n) is 13.3. The van der Waals surface area contributed by atoms with E-state index in [4.69, 9.17) is 19.2 Å². The second-order valence-corrected chi connectivity index (χ2v) is 5.88. The van der Waals surface area contributed by atoms with Crippen LogP contribution < -0.4 is 39.1 Å². The fourth-order valence-electron chi connectivity index (χ4n) is 2.57. The molecule has 0 fully saturated rings. The summed E-state index contributed by atoms with van der Waals surface area (Å²) in [5.74, 6) is 0. The molecule has 0 aromatic carbocycles. The van der Waals surface area contributed by atoms with Crippen LogP contribution in [-0.2, 0) is 0 Å². The van der Waals surface area contributed by atoms with E-state index in [2.05, 4.69) is 27.7 Å². The van der Waals surface area contributed by atoms with Crippen molar-refractivity contribution in [2.24, 2.45) is 0 Å². The molecule has 0 unspecified atom stereocenters. The zero-order valence-corrected chi connectivity index (χ0v) is 16.3. The monoisotopic (exact) mass is 303 g/mol. The van der Waals surface area contributed by atoms with Crippen molar-refractivity contribution >= 4 is 9.05 Å². The van der Waals surface area contributed by atoms with E-state index in [1.165, 1.54) is 56.3 Å². The van der Waals surface area contributed by atoms with Gasteiger partial charge in [-0.25, -0.2) is 0 Å². The molecule has 2 N–H and O–H groups in total. The molecule has 112 valence electrons. The molecule has 0 aromatic heterocycles. The fourth-order valence-corrected chi connectivity index (χ4v) is 2.57. The Morgan fingerprint density at radius 1 is 0.737 bits per heavy atom. The van der Waals surface area contributed by atoms with Crippen molar-refractivity contribution < 1.29 is 53.2 Å². The Kier molecular flexibility index (Phi) is 18.4. The third-order valence-corrected chi connectivity index (χ3v) is 2.79. The number of quaternary nitrogens is 1. The Bertz CT molecular complexity index is 156. The number of rotatable bonds is 8. The van der Waals surface area contributed by atoms with Gasteiger partial charge in [0.15, 0.2) is 0 Å². The van der Waals surface area contributed by atoms with Crippen LogP contribution in [0.1, 0.15) is 53.4 Å². The van der Waals surface area contributed by atoms with Gasteiger partial charge in [-0.3, -0.25) is 0 Å². The molecule has 0 atom stereocenters. The van der Waals surface area contributed by atoms with Crippen molar-refractivity contribution in [1.29, 1.82) is 0 Å². The van der Waals surface area contributed by atoms with Crippen LogP contribution in [0, 0.1) is 0 Å². The average molecular weight is 303 g/mol. The first-order valence-electron chi connectivity index (χ1n) is 6.95. The van der Waals surface area contributed by atoms with Gasteiger partial charge in [-0.2, -0.15) is 0 Å². The molecule has 0 heterocycles. The second kappa shape index (κ2) is 14.0. The predicted octanol–water partition coefficient (Wildman–Crippen LogP) is -3.43. The Labute approximate surface area is 141 Å². The molecule has 0 saturated carbocycles. The maximum atomic E-state index is 8.80. The van der Waals surface area contributed by atoms with Gasteiger partial charge < -0.3 is 23.7 Å². The summed E-state index contributed by atoms with van der Waals surface area (Å²) in [7, 11) is -5.11. The van der Waals surface area contributed by atoms with Crippen LogP contribution in [0.3, 0.4) is 0 Å². The summed E-state index contributed by atoms with van der Waals surface area (Å²) in [5.41, 5.74) is 0. The molecule has 19 heavy (non-hydrogen) atoms. The van der Waals surface area contributed by atoms with E-state index >= 15 is 0 Å². The van der Waals surface area contributed by atoms with Gasteiger partial charge in [-0.05, 0) is 25.7 Å². The fraction of sp³-hybridized carbons (Fsp3) is 1.00. The van der Waals surface area contributed by atoms with E-state index in [1.807, 2.05) is 0 Å². The van der Waals surface area contributed by atoms with Crippen LogP contribution in [-0.4, -0.2) is 49.3 Å². The molecule has 7 heteroatoms. The molecule has 0 aliphatic rings. The predicted molar refractivity (Wildman–Crippen MR) is 71.1 cm³/mol. The molecule has 0 bridgehead atoms. The summed E-state index contributed by atoms with van der Waals surface area (Å²) in [6.07, 6.45) is 5.33. The maximum Gasteiger partial charge on any atom is 1.00 e. The van der Waals surface area contributed by atoms with E-state index in [0.29, 0.717) is 0 Å². The van der Waals surface area contributed by atoms with Crippen molar-refractivity contribution in [3.05, 3.63) is 0 Å². The van der Waals surface area contributed by atoms with Crippen molar-refractivity contribution in [1.82, 2.24) is 0 Å². The van der Waals surface area contributed by atoms with Gasteiger partial charge in [0.05, 0.1) is 26.2 Å². The van der Waals surface area contributed by atoms with Gasteiger partial charge in [0.2, 0.25) is 0 Å². The quantitative estimate of drug-likeness (QED) is 0.361. The molecule has 0 spiro atoms. The topological polar surface area (TPSA) is 86.6 Å².